The molecule has 0 saturated carbocycles. The maximum atomic E-state index is 12.1. The molecule has 1 aromatic carbocycles. The lowest BCUT2D eigenvalue weighted by Crippen LogP contribution is -2.37. The van der Waals surface area contributed by atoms with Crippen molar-refractivity contribution in [2.24, 2.45) is 10.9 Å². The summed E-state index contributed by atoms with van der Waals surface area (Å²) in [5.41, 5.74) is 0.855. The molecule has 1 aromatic rings. The third-order valence-electron chi connectivity index (χ3n) is 3.78. The molecule has 2 aliphatic heterocycles. The highest BCUT2D eigenvalue weighted by molar-refractivity contribution is 8.18. The fourth-order valence-electron chi connectivity index (χ4n) is 2.65. The van der Waals surface area contributed by atoms with Crippen LogP contribution in [0.5, 0.6) is 0 Å². The maximum Gasteiger partial charge on any atom is 0.286 e. The first-order chi connectivity index (χ1) is 10.5. The Morgan fingerprint density at radius 1 is 1.36 bits per heavy atom. The van der Waals surface area contributed by atoms with Gasteiger partial charge < -0.3 is 4.90 Å². The summed E-state index contributed by atoms with van der Waals surface area (Å²) in [4.78, 5) is 19.2. The van der Waals surface area contributed by atoms with Gasteiger partial charge in [0.15, 0.2) is 5.17 Å². The molecule has 3 nitrogen and oxygen atoms in total. The standard InChI is InChI=1S/C16H16Cl2N2OS/c1-10-3-2-6-20(9-10)16-19-15(21)14(22-16)8-11-4-5-12(17)13(18)7-11/h4-5,7-8,10H,2-3,6,9H2,1H3/b14-8-/t10-/m1/s1. The number of piperidine rings is 1. The van der Waals surface area contributed by atoms with Crippen LogP contribution in [0.2, 0.25) is 10.0 Å². The molecule has 0 aromatic heterocycles. The van der Waals surface area contributed by atoms with Gasteiger partial charge in [0.1, 0.15) is 0 Å². The Kier molecular flexibility index (Phi) is 4.81. The molecule has 0 radical (unpaired) electrons. The van der Waals surface area contributed by atoms with Gasteiger partial charge in [-0.3, -0.25) is 4.79 Å². The van der Waals surface area contributed by atoms with Gasteiger partial charge in [-0.05, 0) is 54.3 Å². The van der Waals surface area contributed by atoms with E-state index in [0.717, 1.165) is 30.2 Å². The number of benzene rings is 1. The Morgan fingerprint density at radius 3 is 2.91 bits per heavy atom. The van der Waals surface area contributed by atoms with Crippen LogP contribution >= 0.6 is 35.0 Å². The Balaban J connectivity index is 1.76. The number of carbonyl (C=O) groups is 1. The van der Waals surface area contributed by atoms with Gasteiger partial charge in [0, 0.05) is 13.1 Å². The first-order valence-electron chi connectivity index (χ1n) is 7.25. The van der Waals surface area contributed by atoms with Crippen LogP contribution in [0, 0.1) is 5.92 Å². The molecule has 22 heavy (non-hydrogen) atoms. The molecule has 0 unspecified atom stereocenters. The minimum atomic E-state index is -0.177. The Morgan fingerprint density at radius 2 is 2.18 bits per heavy atom. The average molecular weight is 355 g/mol. The zero-order valence-electron chi connectivity index (χ0n) is 12.2. The molecule has 2 heterocycles. The molecule has 0 spiro atoms. The first kappa shape index (κ1) is 15.9. The molecule has 3 rings (SSSR count). The molecule has 2 aliphatic rings. The molecular formula is C16H16Cl2N2OS. The van der Waals surface area contributed by atoms with Gasteiger partial charge in [0.2, 0.25) is 0 Å². The number of nitrogens with zero attached hydrogens (tertiary/aromatic N) is 2. The lowest BCUT2D eigenvalue weighted by atomic mass is 10.0. The van der Waals surface area contributed by atoms with E-state index >= 15 is 0 Å². The van der Waals surface area contributed by atoms with Crippen molar-refractivity contribution < 1.29 is 4.79 Å². The van der Waals surface area contributed by atoms with E-state index < -0.39 is 0 Å². The minimum Gasteiger partial charge on any atom is -0.351 e. The number of rotatable bonds is 1. The van der Waals surface area contributed by atoms with E-state index in [-0.39, 0.29) is 5.91 Å². The lowest BCUT2D eigenvalue weighted by molar-refractivity contribution is -0.113. The van der Waals surface area contributed by atoms with Gasteiger partial charge in [0.25, 0.3) is 5.91 Å². The van der Waals surface area contributed by atoms with Crippen molar-refractivity contribution in [3.05, 3.63) is 38.7 Å². The highest BCUT2D eigenvalue weighted by atomic mass is 35.5. The first-order valence-corrected chi connectivity index (χ1v) is 8.83. The molecule has 0 aliphatic carbocycles. The second-order valence-electron chi connectivity index (χ2n) is 5.68. The van der Waals surface area contributed by atoms with Gasteiger partial charge in [-0.25, -0.2) is 0 Å². The summed E-state index contributed by atoms with van der Waals surface area (Å²) < 4.78 is 0. The molecule has 1 atom stereocenters. The summed E-state index contributed by atoms with van der Waals surface area (Å²) >= 11 is 13.4. The number of likely N-dealkylation sites (tertiary alicyclic amines) is 1. The number of hydrogen-bond acceptors (Lipinski definition) is 3. The van der Waals surface area contributed by atoms with Gasteiger partial charge in [-0.15, -0.1) is 0 Å². The summed E-state index contributed by atoms with van der Waals surface area (Å²) in [7, 11) is 0. The fourth-order valence-corrected chi connectivity index (χ4v) is 3.90. The van der Waals surface area contributed by atoms with Crippen molar-refractivity contribution in [3.8, 4) is 0 Å². The zero-order chi connectivity index (χ0) is 15.7. The van der Waals surface area contributed by atoms with Crippen LogP contribution in [0.3, 0.4) is 0 Å². The number of thioether (sulfide) groups is 1. The Hall–Kier alpha value is -0.970. The van der Waals surface area contributed by atoms with E-state index in [0.29, 0.717) is 20.9 Å². The Labute approximate surface area is 144 Å². The average Bonchev–Trinajstić information content (AvgIpc) is 2.84. The number of hydrogen-bond donors (Lipinski definition) is 0. The molecule has 1 saturated heterocycles. The van der Waals surface area contributed by atoms with Crippen LogP contribution in [0.15, 0.2) is 28.1 Å². The molecule has 1 amide bonds. The van der Waals surface area contributed by atoms with E-state index in [1.807, 2.05) is 12.1 Å². The highest BCUT2D eigenvalue weighted by Crippen LogP contribution is 2.33. The second kappa shape index (κ2) is 6.65. The minimum absolute atomic E-state index is 0.177. The third-order valence-corrected chi connectivity index (χ3v) is 5.56. The van der Waals surface area contributed by atoms with Crippen molar-refractivity contribution in [3.63, 3.8) is 0 Å². The van der Waals surface area contributed by atoms with Crippen molar-refractivity contribution >= 4 is 52.1 Å². The summed E-state index contributed by atoms with van der Waals surface area (Å²) in [6.07, 6.45) is 4.22. The number of carbonyl (C=O) groups excluding carboxylic acids is 1. The summed E-state index contributed by atoms with van der Waals surface area (Å²) in [6, 6.07) is 5.33. The van der Waals surface area contributed by atoms with E-state index in [1.54, 1.807) is 12.1 Å². The van der Waals surface area contributed by atoms with Crippen LogP contribution < -0.4 is 0 Å². The molecular weight excluding hydrogens is 339 g/mol. The smallest absolute Gasteiger partial charge is 0.286 e. The third kappa shape index (κ3) is 3.50. The highest BCUT2D eigenvalue weighted by Gasteiger charge is 2.28. The number of aliphatic imine (C=N–C) groups is 1. The van der Waals surface area contributed by atoms with E-state index in [9.17, 15) is 4.79 Å². The lowest BCUT2D eigenvalue weighted by Gasteiger charge is -2.31. The van der Waals surface area contributed by atoms with Crippen molar-refractivity contribution in [1.82, 2.24) is 4.90 Å². The van der Waals surface area contributed by atoms with Crippen LogP contribution in [0.4, 0.5) is 0 Å². The van der Waals surface area contributed by atoms with Crippen LogP contribution in [0.1, 0.15) is 25.3 Å². The van der Waals surface area contributed by atoms with Gasteiger partial charge in [0.05, 0.1) is 15.0 Å². The van der Waals surface area contributed by atoms with Crippen LogP contribution in [-0.2, 0) is 4.79 Å². The van der Waals surface area contributed by atoms with Gasteiger partial charge in [-0.2, -0.15) is 4.99 Å². The number of amides is 1. The largest absolute Gasteiger partial charge is 0.351 e. The second-order valence-corrected chi connectivity index (χ2v) is 7.50. The van der Waals surface area contributed by atoms with Crippen molar-refractivity contribution in [1.29, 1.82) is 0 Å². The maximum absolute atomic E-state index is 12.1. The molecule has 116 valence electrons. The molecule has 0 bridgehead atoms. The predicted octanol–water partition coefficient (Wildman–Crippen LogP) is 4.70. The molecule has 6 heteroatoms. The van der Waals surface area contributed by atoms with Crippen LogP contribution in [-0.4, -0.2) is 29.1 Å². The fraction of sp³-hybridized carbons (Fsp3) is 0.375. The molecule has 0 N–H and O–H groups in total. The number of amidine groups is 1. The monoisotopic (exact) mass is 354 g/mol. The summed E-state index contributed by atoms with van der Waals surface area (Å²) in [6.45, 7) is 4.18. The molecule has 1 fully saturated rings. The van der Waals surface area contributed by atoms with E-state index in [1.165, 1.54) is 18.2 Å². The number of halogens is 2. The van der Waals surface area contributed by atoms with E-state index in [4.69, 9.17) is 23.2 Å². The topological polar surface area (TPSA) is 32.7 Å². The summed E-state index contributed by atoms with van der Waals surface area (Å²) in [5, 5.41) is 1.81. The summed E-state index contributed by atoms with van der Waals surface area (Å²) in [5.74, 6) is 0.472. The van der Waals surface area contributed by atoms with Gasteiger partial charge >= 0.3 is 0 Å². The van der Waals surface area contributed by atoms with Crippen LogP contribution in [0.25, 0.3) is 6.08 Å². The van der Waals surface area contributed by atoms with E-state index in [2.05, 4.69) is 16.8 Å². The Bertz CT molecular complexity index is 672. The normalized spacial score (nSPS) is 24.0. The van der Waals surface area contributed by atoms with Gasteiger partial charge in [-0.1, -0.05) is 36.2 Å². The zero-order valence-corrected chi connectivity index (χ0v) is 14.5. The van der Waals surface area contributed by atoms with Crippen molar-refractivity contribution in [2.45, 2.75) is 19.8 Å². The van der Waals surface area contributed by atoms with Crippen molar-refractivity contribution in [2.75, 3.05) is 13.1 Å². The predicted molar refractivity (Wildman–Crippen MR) is 94.4 cm³/mol. The SMILES string of the molecule is C[C@@H]1CCCN(C2=NC(=O)/C(=C/c3ccc(Cl)c(Cl)c3)S2)C1. The quantitative estimate of drug-likeness (QED) is 0.685.